The number of nitriles is 1. The van der Waals surface area contributed by atoms with Crippen LogP contribution in [-0.2, 0) is 13.3 Å². The minimum absolute atomic E-state index is 0.673. The zero-order chi connectivity index (χ0) is 12.9. The fourth-order valence-corrected chi connectivity index (χ4v) is 3.92. The number of hydrogen-bond acceptors (Lipinski definition) is 5. The first-order valence-corrected chi connectivity index (χ1v) is 7.54. The Morgan fingerprint density at radius 3 is 1.50 bits per heavy atom. The van der Waals surface area contributed by atoms with Crippen LogP contribution in [0.5, 0.6) is 0 Å². The maximum atomic E-state index is 6.88. The molecule has 0 aromatic heterocycles. The molecule has 5 nitrogen and oxygen atoms in total. The predicted octanol–water partition coefficient (Wildman–Crippen LogP) is 2.28. The lowest BCUT2D eigenvalue weighted by Gasteiger charge is -2.27. The van der Waals surface area contributed by atoms with Crippen molar-refractivity contribution in [2.45, 2.75) is 40.2 Å². The van der Waals surface area contributed by atoms with Crippen molar-refractivity contribution in [1.82, 2.24) is 0 Å². The minimum Gasteiger partial charge on any atom is -0.443 e. The summed E-state index contributed by atoms with van der Waals surface area (Å²) in [5.74, 6) is 0. The van der Waals surface area contributed by atoms with E-state index in [1.54, 1.807) is 0 Å². The van der Waals surface area contributed by atoms with Crippen LogP contribution >= 0.6 is 0 Å². The fourth-order valence-electron chi connectivity index (χ4n) is 1.31. The van der Waals surface area contributed by atoms with E-state index in [9.17, 15) is 0 Å². The molecule has 0 fully saturated rings. The number of rotatable bonds is 8. The van der Waals surface area contributed by atoms with Crippen molar-refractivity contribution < 1.29 is 18.4 Å². The summed E-state index contributed by atoms with van der Waals surface area (Å²) in [5, 5.41) is 13.8. The average Bonchev–Trinajstić information content (AvgIpc) is 2.20. The van der Waals surface area contributed by atoms with Crippen LogP contribution in [0.2, 0.25) is 6.04 Å². The van der Waals surface area contributed by atoms with Crippen LogP contribution in [0.3, 0.4) is 0 Å². The first kappa shape index (κ1) is 17.8. The number of nitrogens with zero attached hydrogens (tertiary/aromatic N) is 1. The van der Waals surface area contributed by atoms with Crippen molar-refractivity contribution in [1.29, 1.82) is 5.26 Å². The second-order valence-electron chi connectivity index (χ2n) is 2.83. The molecule has 96 valence electrons. The summed E-state index contributed by atoms with van der Waals surface area (Å²) in [7, 11) is -2.30. The van der Waals surface area contributed by atoms with Gasteiger partial charge in [0, 0.05) is 25.9 Å². The van der Waals surface area contributed by atoms with E-state index in [1.807, 2.05) is 20.8 Å². The van der Waals surface area contributed by atoms with Crippen LogP contribution in [0.1, 0.15) is 34.1 Å². The molecule has 0 heterocycles. The molecule has 0 atom stereocenters. The Labute approximate surface area is 99.3 Å². The Bertz CT molecular complexity index is 155. The van der Waals surface area contributed by atoms with Crippen LogP contribution in [0.15, 0.2) is 0 Å². The van der Waals surface area contributed by atoms with Gasteiger partial charge in [0.15, 0.2) is 0 Å². The van der Waals surface area contributed by atoms with Gasteiger partial charge in [0.2, 0.25) is 0 Å². The molecule has 6 heteroatoms. The molecule has 0 radical (unpaired) electrons. The van der Waals surface area contributed by atoms with Gasteiger partial charge in [0.25, 0.3) is 6.26 Å². The van der Waals surface area contributed by atoms with E-state index in [4.69, 9.17) is 23.6 Å². The number of aliphatic hydroxyl groups excluding tert-OH is 1. The van der Waals surface area contributed by atoms with Crippen LogP contribution in [0.4, 0.5) is 0 Å². The number of hydrogen-bond donors (Lipinski definition) is 1. The standard InChI is InChI=1S/C9H22O3Si.CHNO/c1-5-9-13(10-6-2,11-7-3)12-8-4;2-1-3/h5-9H2,1-4H3;3H. The Hall–Kier alpha value is -0.613. The fraction of sp³-hybridized carbons (Fsp3) is 0.900. The maximum Gasteiger partial charge on any atom is 0.500 e. The third-order valence-electron chi connectivity index (χ3n) is 1.65. The molecular weight excluding hydrogens is 226 g/mol. The lowest BCUT2D eigenvalue weighted by molar-refractivity contribution is 0.0712. The van der Waals surface area contributed by atoms with Gasteiger partial charge in [-0.15, -0.1) is 0 Å². The summed E-state index contributed by atoms with van der Waals surface area (Å²) in [6, 6.07) is 0.919. The summed E-state index contributed by atoms with van der Waals surface area (Å²) in [6.45, 7) is 10.1. The van der Waals surface area contributed by atoms with Crippen molar-refractivity contribution in [3.63, 3.8) is 0 Å². The lowest BCUT2D eigenvalue weighted by Crippen LogP contribution is -2.45. The molecule has 0 spiro atoms. The van der Waals surface area contributed by atoms with E-state index >= 15 is 0 Å². The molecule has 0 amide bonds. The highest BCUT2D eigenvalue weighted by Crippen LogP contribution is 2.17. The molecule has 0 saturated carbocycles. The third kappa shape index (κ3) is 8.68. The molecule has 1 N–H and O–H groups in total. The van der Waals surface area contributed by atoms with Crippen LogP contribution in [0, 0.1) is 11.5 Å². The van der Waals surface area contributed by atoms with Gasteiger partial charge in [0.1, 0.15) is 0 Å². The van der Waals surface area contributed by atoms with Crippen molar-refractivity contribution >= 4 is 8.80 Å². The van der Waals surface area contributed by atoms with Crippen LogP contribution < -0.4 is 0 Å². The third-order valence-corrected chi connectivity index (χ3v) is 4.95. The van der Waals surface area contributed by atoms with Gasteiger partial charge in [-0.05, 0) is 20.8 Å². The molecule has 0 aromatic rings. The van der Waals surface area contributed by atoms with Crippen LogP contribution in [-0.4, -0.2) is 33.7 Å². The normalized spacial score (nSPS) is 10.2. The van der Waals surface area contributed by atoms with E-state index in [0.717, 1.165) is 18.7 Å². The molecule has 0 aliphatic carbocycles. The Morgan fingerprint density at radius 1 is 1.00 bits per heavy atom. The molecule has 16 heavy (non-hydrogen) atoms. The molecule has 0 unspecified atom stereocenters. The second kappa shape index (κ2) is 12.5. The quantitative estimate of drug-likeness (QED) is 0.528. The molecule has 0 aliphatic heterocycles. The van der Waals surface area contributed by atoms with Crippen molar-refractivity contribution in [3.8, 4) is 6.26 Å². The van der Waals surface area contributed by atoms with Crippen molar-refractivity contribution in [2.75, 3.05) is 19.8 Å². The van der Waals surface area contributed by atoms with Gasteiger partial charge in [-0.25, -0.2) is 0 Å². The van der Waals surface area contributed by atoms with Crippen molar-refractivity contribution in [3.05, 3.63) is 0 Å². The summed E-state index contributed by atoms with van der Waals surface area (Å²) in [6.07, 6.45) is 1.80. The van der Waals surface area contributed by atoms with Crippen molar-refractivity contribution in [2.24, 2.45) is 0 Å². The average molecular weight is 249 g/mol. The Balaban J connectivity index is 0. The maximum absolute atomic E-state index is 6.88. The largest absolute Gasteiger partial charge is 0.500 e. The Kier molecular flexibility index (Phi) is 13.8. The van der Waals surface area contributed by atoms with E-state index in [0.29, 0.717) is 19.8 Å². The first-order valence-electron chi connectivity index (χ1n) is 5.61. The number of aliphatic hydroxyl groups is 1. The summed E-state index contributed by atoms with van der Waals surface area (Å²) >= 11 is 0. The minimum atomic E-state index is -2.30. The summed E-state index contributed by atoms with van der Waals surface area (Å²) in [5.41, 5.74) is 0. The molecule has 0 saturated heterocycles. The highest BCUT2D eigenvalue weighted by molar-refractivity contribution is 6.60. The molecular formula is C10H23NO4Si. The van der Waals surface area contributed by atoms with Gasteiger partial charge >= 0.3 is 8.80 Å². The van der Waals surface area contributed by atoms with E-state index in [-0.39, 0.29) is 0 Å². The molecule has 0 aromatic carbocycles. The predicted molar refractivity (Wildman–Crippen MR) is 63.3 cm³/mol. The smallest absolute Gasteiger partial charge is 0.443 e. The van der Waals surface area contributed by atoms with Gasteiger partial charge < -0.3 is 18.4 Å². The van der Waals surface area contributed by atoms with E-state index < -0.39 is 8.80 Å². The topological polar surface area (TPSA) is 71.7 Å². The summed E-state index contributed by atoms with van der Waals surface area (Å²) < 4.78 is 16.9. The lowest BCUT2D eigenvalue weighted by atomic mass is 10.6. The van der Waals surface area contributed by atoms with Gasteiger partial charge in [-0.2, -0.15) is 5.26 Å². The zero-order valence-corrected chi connectivity index (χ0v) is 11.7. The van der Waals surface area contributed by atoms with E-state index in [2.05, 4.69) is 6.92 Å². The summed E-state index contributed by atoms with van der Waals surface area (Å²) in [4.78, 5) is 0. The van der Waals surface area contributed by atoms with Gasteiger partial charge in [-0.1, -0.05) is 13.3 Å². The Morgan fingerprint density at radius 2 is 1.31 bits per heavy atom. The van der Waals surface area contributed by atoms with E-state index in [1.165, 1.54) is 0 Å². The zero-order valence-electron chi connectivity index (χ0n) is 10.7. The first-order chi connectivity index (χ1) is 7.66. The second-order valence-corrected chi connectivity index (χ2v) is 5.56. The highest BCUT2D eigenvalue weighted by Gasteiger charge is 2.38. The monoisotopic (exact) mass is 249 g/mol. The molecule has 0 aliphatic rings. The van der Waals surface area contributed by atoms with Crippen LogP contribution in [0.25, 0.3) is 0 Å². The van der Waals surface area contributed by atoms with Gasteiger partial charge in [0.05, 0.1) is 0 Å². The molecule has 0 rings (SSSR count). The molecule has 0 bridgehead atoms. The SMILES string of the molecule is CCC[Si](OCC)(OCC)OCC.N#CO. The van der Waals surface area contributed by atoms with Gasteiger partial charge in [-0.3, -0.25) is 0 Å². The highest BCUT2D eigenvalue weighted by atomic mass is 28.4.